The third-order valence-electron chi connectivity index (χ3n) is 10.1. The molecule has 0 aromatic carbocycles. The van der Waals surface area contributed by atoms with Crippen molar-refractivity contribution in [2.45, 2.75) is 135 Å². The monoisotopic (exact) mass is 474 g/mol. The van der Waals surface area contributed by atoms with Crippen LogP contribution < -0.4 is 0 Å². The lowest BCUT2D eigenvalue weighted by Gasteiger charge is -2.39. The molecule has 5 heteroatoms. The zero-order valence-corrected chi connectivity index (χ0v) is 20.8. The number of halogens is 4. The molecule has 0 aromatic heterocycles. The van der Waals surface area contributed by atoms with E-state index in [0.717, 1.165) is 37.0 Å². The molecular formula is C28H46F4O. The van der Waals surface area contributed by atoms with Gasteiger partial charge in [-0.05, 0) is 87.4 Å². The maximum Gasteiger partial charge on any atom is 0.358 e. The van der Waals surface area contributed by atoms with Gasteiger partial charge >= 0.3 is 6.11 Å². The van der Waals surface area contributed by atoms with Gasteiger partial charge in [0, 0.05) is 18.8 Å². The van der Waals surface area contributed by atoms with Crippen LogP contribution in [0, 0.1) is 41.4 Å². The number of ether oxygens (including phenoxy) is 1. The van der Waals surface area contributed by atoms with Crippen molar-refractivity contribution in [3.63, 3.8) is 0 Å². The van der Waals surface area contributed by atoms with E-state index in [1.165, 1.54) is 58.3 Å². The average molecular weight is 475 g/mol. The van der Waals surface area contributed by atoms with E-state index in [2.05, 4.69) is 6.92 Å². The molecule has 4 unspecified atom stereocenters. The minimum absolute atomic E-state index is 0.115. The standard InChI is InChI=1S/C28H46F4O/c1-18-6-8-21(9-7-18)23-12-10-22(11-13-23)20-4-3-5-24(15-14-20)28(31,32)33-25-16-26(29)19(2)27(30)17-25/h18-27H,3-17H2,1-2H3. The van der Waals surface area contributed by atoms with Crippen molar-refractivity contribution in [3.8, 4) is 0 Å². The van der Waals surface area contributed by atoms with E-state index in [-0.39, 0.29) is 12.8 Å². The van der Waals surface area contributed by atoms with Gasteiger partial charge in [-0.3, -0.25) is 0 Å². The summed E-state index contributed by atoms with van der Waals surface area (Å²) in [7, 11) is 0. The van der Waals surface area contributed by atoms with E-state index in [0.29, 0.717) is 24.7 Å². The molecule has 0 aliphatic heterocycles. The van der Waals surface area contributed by atoms with Gasteiger partial charge in [-0.1, -0.05) is 39.5 Å². The lowest BCUT2D eigenvalue weighted by molar-refractivity contribution is -0.303. The Labute approximate surface area is 198 Å². The fourth-order valence-corrected chi connectivity index (χ4v) is 7.65. The molecule has 33 heavy (non-hydrogen) atoms. The number of hydrogen-bond acceptors (Lipinski definition) is 1. The smallest absolute Gasteiger partial charge is 0.317 e. The summed E-state index contributed by atoms with van der Waals surface area (Å²) in [5.74, 6) is 2.41. The first kappa shape index (κ1) is 25.8. The Morgan fingerprint density at radius 1 is 0.606 bits per heavy atom. The Balaban J connectivity index is 1.24. The molecule has 0 heterocycles. The third kappa shape index (κ3) is 6.47. The van der Waals surface area contributed by atoms with E-state index >= 15 is 8.78 Å². The lowest BCUT2D eigenvalue weighted by Crippen LogP contribution is -2.43. The van der Waals surface area contributed by atoms with Gasteiger partial charge < -0.3 is 4.74 Å². The van der Waals surface area contributed by atoms with E-state index in [9.17, 15) is 8.78 Å². The van der Waals surface area contributed by atoms with Crippen LogP contribution in [-0.2, 0) is 4.74 Å². The van der Waals surface area contributed by atoms with Crippen LogP contribution in [0.25, 0.3) is 0 Å². The van der Waals surface area contributed by atoms with Crippen molar-refractivity contribution in [2.75, 3.05) is 0 Å². The van der Waals surface area contributed by atoms with Gasteiger partial charge in [0.25, 0.3) is 0 Å². The predicted molar refractivity (Wildman–Crippen MR) is 125 cm³/mol. The van der Waals surface area contributed by atoms with Crippen molar-refractivity contribution < 1.29 is 22.3 Å². The summed E-state index contributed by atoms with van der Waals surface area (Å²) < 4.78 is 63.2. The maximum absolute atomic E-state index is 15.0. The molecule has 1 nitrogen and oxygen atoms in total. The number of rotatable bonds is 5. The zero-order chi connectivity index (χ0) is 23.6. The molecule has 4 atom stereocenters. The fourth-order valence-electron chi connectivity index (χ4n) is 7.65. The van der Waals surface area contributed by atoms with Crippen molar-refractivity contribution in [3.05, 3.63) is 0 Å². The van der Waals surface area contributed by atoms with Crippen LogP contribution in [0.5, 0.6) is 0 Å². The van der Waals surface area contributed by atoms with Crippen LogP contribution in [0.1, 0.15) is 110 Å². The summed E-state index contributed by atoms with van der Waals surface area (Å²) in [6.45, 7) is 3.89. The third-order valence-corrected chi connectivity index (χ3v) is 10.1. The highest BCUT2D eigenvalue weighted by Crippen LogP contribution is 2.47. The second kappa shape index (κ2) is 11.2. The molecule has 4 rings (SSSR count). The van der Waals surface area contributed by atoms with Gasteiger partial charge in [0.15, 0.2) is 0 Å². The predicted octanol–water partition coefficient (Wildman–Crippen LogP) is 8.90. The summed E-state index contributed by atoms with van der Waals surface area (Å²) in [4.78, 5) is 0. The molecule has 0 radical (unpaired) electrons. The van der Waals surface area contributed by atoms with Crippen LogP contribution in [0.15, 0.2) is 0 Å². The first-order chi connectivity index (χ1) is 15.7. The molecule has 4 aliphatic rings. The van der Waals surface area contributed by atoms with Crippen LogP contribution >= 0.6 is 0 Å². The Kier molecular flexibility index (Phi) is 8.72. The molecule has 4 saturated carbocycles. The van der Waals surface area contributed by atoms with Gasteiger partial charge in [-0.2, -0.15) is 8.78 Å². The van der Waals surface area contributed by atoms with E-state index in [1.54, 1.807) is 0 Å². The topological polar surface area (TPSA) is 9.23 Å². The van der Waals surface area contributed by atoms with Crippen molar-refractivity contribution in [1.29, 1.82) is 0 Å². The lowest BCUT2D eigenvalue weighted by atomic mass is 9.67. The summed E-state index contributed by atoms with van der Waals surface area (Å²) in [6.07, 6.45) is 7.10. The van der Waals surface area contributed by atoms with Crippen molar-refractivity contribution >= 4 is 0 Å². The first-order valence-corrected chi connectivity index (χ1v) is 14.1. The van der Waals surface area contributed by atoms with Crippen molar-refractivity contribution in [1.82, 2.24) is 0 Å². The summed E-state index contributed by atoms with van der Waals surface area (Å²) in [5.41, 5.74) is 0. The molecule has 0 N–H and O–H groups in total. The normalized spacial score (nSPS) is 46.0. The average Bonchev–Trinajstić information content (AvgIpc) is 3.05. The van der Waals surface area contributed by atoms with Crippen LogP contribution in [0.2, 0.25) is 0 Å². The molecule has 4 fully saturated rings. The summed E-state index contributed by atoms with van der Waals surface area (Å²) >= 11 is 0. The van der Waals surface area contributed by atoms with Gasteiger partial charge in [-0.15, -0.1) is 0 Å². The fraction of sp³-hybridized carbons (Fsp3) is 1.00. The highest BCUT2D eigenvalue weighted by atomic mass is 19.3. The summed E-state index contributed by atoms with van der Waals surface area (Å²) in [6, 6.07) is 0. The molecular weight excluding hydrogens is 428 g/mol. The molecule has 0 amide bonds. The van der Waals surface area contributed by atoms with E-state index in [1.807, 2.05) is 0 Å². The molecule has 0 aromatic rings. The quantitative estimate of drug-likeness (QED) is 0.285. The van der Waals surface area contributed by atoms with Gasteiger partial charge in [-0.25, -0.2) is 8.78 Å². The Morgan fingerprint density at radius 3 is 1.61 bits per heavy atom. The second-order valence-corrected chi connectivity index (χ2v) is 12.3. The molecule has 4 aliphatic carbocycles. The molecule has 0 bridgehead atoms. The second-order valence-electron chi connectivity index (χ2n) is 12.3. The van der Waals surface area contributed by atoms with Crippen molar-refractivity contribution in [2.24, 2.45) is 41.4 Å². The van der Waals surface area contributed by atoms with E-state index in [4.69, 9.17) is 4.74 Å². The molecule has 192 valence electrons. The zero-order valence-electron chi connectivity index (χ0n) is 20.8. The Bertz CT molecular complexity index is 585. The molecule has 0 spiro atoms. The number of alkyl halides is 4. The minimum atomic E-state index is -3.28. The SMILES string of the molecule is CC1CCC(C2CCC(C3CCCC(C(F)(F)OC4CC(F)C(C)C(F)C4)CC3)CC2)CC1. The highest BCUT2D eigenvalue weighted by molar-refractivity contribution is 4.88. The van der Waals surface area contributed by atoms with Gasteiger partial charge in [0.05, 0.1) is 12.0 Å². The maximum atomic E-state index is 15.0. The highest BCUT2D eigenvalue weighted by Gasteiger charge is 2.47. The largest absolute Gasteiger partial charge is 0.358 e. The van der Waals surface area contributed by atoms with Crippen LogP contribution in [-0.4, -0.2) is 24.6 Å². The van der Waals surface area contributed by atoms with Gasteiger partial charge in [0.1, 0.15) is 12.3 Å². The first-order valence-electron chi connectivity index (χ1n) is 14.1. The Morgan fingerprint density at radius 2 is 1.06 bits per heavy atom. The Hall–Kier alpha value is -0.320. The summed E-state index contributed by atoms with van der Waals surface area (Å²) in [5, 5.41) is 0. The minimum Gasteiger partial charge on any atom is -0.317 e. The molecule has 0 saturated heterocycles. The van der Waals surface area contributed by atoms with E-state index < -0.39 is 36.4 Å². The number of hydrogen-bond donors (Lipinski definition) is 0. The van der Waals surface area contributed by atoms with Gasteiger partial charge in [0.2, 0.25) is 0 Å². The van der Waals surface area contributed by atoms with Crippen LogP contribution in [0.4, 0.5) is 17.6 Å². The van der Waals surface area contributed by atoms with Crippen LogP contribution in [0.3, 0.4) is 0 Å².